The van der Waals surface area contributed by atoms with Gasteiger partial charge in [-0.25, -0.2) is 4.79 Å². The summed E-state index contributed by atoms with van der Waals surface area (Å²) < 4.78 is 7.12. The maximum Gasteiger partial charge on any atom is 0.328 e. The van der Waals surface area contributed by atoms with E-state index in [2.05, 4.69) is 16.1 Å². The molecule has 122 valence electrons. The zero-order valence-electron chi connectivity index (χ0n) is 13.7. The molecule has 0 spiro atoms. The molecule has 1 aliphatic heterocycles. The highest BCUT2D eigenvalue weighted by molar-refractivity contribution is 5.80. The molecule has 1 aromatic carbocycles. The average molecular weight is 313 g/mol. The first-order valence-electron chi connectivity index (χ1n) is 8.23. The van der Waals surface area contributed by atoms with Crippen LogP contribution >= 0.6 is 0 Å². The van der Waals surface area contributed by atoms with Crippen LogP contribution in [0.2, 0.25) is 0 Å². The van der Waals surface area contributed by atoms with Crippen LogP contribution in [-0.4, -0.2) is 34.9 Å². The normalized spacial score (nSPS) is 18.0. The van der Waals surface area contributed by atoms with Crippen LogP contribution in [-0.2, 0) is 16.6 Å². The minimum atomic E-state index is -0.206. The molecular formula is C18H23N3O2. The molecule has 5 nitrogen and oxygen atoms in total. The number of aryl methyl sites for hydroxylation is 1. The van der Waals surface area contributed by atoms with E-state index < -0.39 is 0 Å². The lowest BCUT2D eigenvalue weighted by Crippen LogP contribution is -2.46. The number of hydrogen-bond acceptors (Lipinski definition) is 4. The van der Waals surface area contributed by atoms with Crippen LogP contribution in [0.1, 0.15) is 26.2 Å². The van der Waals surface area contributed by atoms with Gasteiger partial charge >= 0.3 is 5.97 Å². The van der Waals surface area contributed by atoms with E-state index in [0.717, 1.165) is 42.9 Å². The third kappa shape index (κ3) is 3.23. The minimum absolute atomic E-state index is 0.130. The van der Waals surface area contributed by atoms with Gasteiger partial charge in [-0.05, 0) is 26.2 Å². The highest BCUT2D eigenvalue weighted by Gasteiger charge is 2.31. The van der Waals surface area contributed by atoms with Gasteiger partial charge in [-0.1, -0.05) is 30.3 Å². The van der Waals surface area contributed by atoms with Gasteiger partial charge in [0.05, 0.1) is 12.3 Å². The van der Waals surface area contributed by atoms with E-state index in [1.54, 1.807) is 0 Å². The van der Waals surface area contributed by atoms with Crippen LogP contribution < -0.4 is 4.90 Å². The van der Waals surface area contributed by atoms with Gasteiger partial charge in [0.1, 0.15) is 11.9 Å². The smallest absolute Gasteiger partial charge is 0.328 e. The lowest BCUT2D eigenvalue weighted by Gasteiger charge is -2.35. The van der Waals surface area contributed by atoms with E-state index in [1.165, 1.54) is 0 Å². The lowest BCUT2D eigenvalue weighted by atomic mass is 10.0. The minimum Gasteiger partial charge on any atom is -0.464 e. The Bertz CT molecular complexity index is 666. The number of nitrogens with zero attached hydrogens (tertiary/aromatic N) is 3. The van der Waals surface area contributed by atoms with Crippen molar-refractivity contribution in [1.82, 2.24) is 9.78 Å². The number of esters is 1. The number of benzene rings is 1. The second-order valence-corrected chi connectivity index (χ2v) is 5.83. The molecule has 1 aromatic heterocycles. The van der Waals surface area contributed by atoms with Crippen molar-refractivity contribution >= 4 is 11.8 Å². The second kappa shape index (κ2) is 6.86. The first-order valence-corrected chi connectivity index (χ1v) is 8.23. The van der Waals surface area contributed by atoms with Crippen molar-refractivity contribution in [3.8, 4) is 11.3 Å². The molecule has 5 heteroatoms. The summed E-state index contributed by atoms with van der Waals surface area (Å²) >= 11 is 0. The third-order valence-electron chi connectivity index (χ3n) is 4.28. The summed E-state index contributed by atoms with van der Waals surface area (Å²) in [5.41, 5.74) is 2.01. The number of carbonyl (C=O) groups is 1. The molecule has 1 unspecified atom stereocenters. The van der Waals surface area contributed by atoms with Gasteiger partial charge in [-0.15, -0.1) is 0 Å². The quantitative estimate of drug-likeness (QED) is 0.814. The van der Waals surface area contributed by atoms with E-state index in [-0.39, 0.29) is 12.0 Å². The van der Waals surface area contributed by atoms with Crippen LogP contribution in [0.15, 0.2) is 36.4 Å². The largest absolute Gasteiger partial charge is 0.464 e. The Hall–Kier alpha value is -2.30. The first-order chi connectivity index (χ1) is 11.2. The van der Waals surface area contributed by atoms with E-state index in [4.69, 9.17) is 4.74 Å². The zero-order chi connectivity index (χ0) is 16.2. The van der Waals surface area contributed by atoms with Crippen molar-refractivity contribution in [3.63, 3.8) is 0 Å². The van der Waals surface area contributed by atoms with Crippen LogP contribution in [0, 0.1) is 0 Å². The molecular weight excluding hydrogens is 290 g/mol. The van der Waals surface area contributed by atoms with Crippen LogP contribution in [0.5, 0.6) is 0 Å². The molecule has 0 amide bonds. The third-order valence-corrected chi connectivity index (χ3v) is 4.28. The van der Waals surface area contributed by atoms with Crippen molar-refractivity contribution in [1.29, 1.82) is 0 Å². The van der Waals surface area contributed by atoms with E-state index in [1.807, 2.05) is 49.0 Å². The Morgan fingerprint density at radius 1 is 1.30 bits per heavy atom. The van der Waals surface area contributed by atoms with Gasteiger partial charge < -0.3 is 9.64 Å². The standard InChI is InChI=1S/C18H23N3O2/c1-3-23-18(22)16-11-7-8-12-21(16)17-13-15(19-20(17)2)14-9-5-4-6-10-14/h4-6,9-10,13,16H,3,7-8,11-12H2,1-2H3. The number of hydrogen-bond donors (Lipinski definition) is 0. The van der Waals surface area contributed by atoms with Gasteiger partial charge in [0, 0.05) is 25.2 Å². The molecule has 1 fully saturated rings. The molecule has 0 radical (unpaired) electrons. The van der Waals surface area contributed by atoms with Crippen molar-refractivity contribution in [2.24, 2.45) is 7.05 Å². The summed E-state index contributed by atoms with van der Waals surface area (Å²) in [6.07, 6.45) is 2.98. The van der Waals surface area contributed by atoms with E-state index >= 15 is 0 Å². The predicted octanol–water partition coefficient (Wildman–Crippen LogP) is 3.01. The molecule has 2 aromatic rings. The Labute approximate surface area is 136 Å². The maximum absolute atomic E-state index is 12.3. The number of rotatable bonds is 4. The summed E-state index contributed by atoms with van der Waals surface area (Å²) in [5.74, 6) is 0.844. The first kappa shape index (κ1) is 15.6. The number of piperidine rings is 1. The Kier molecular flexibility index (Phi) is 4.65. The molecule has 1 saturated heterocycles. The number of ether oxygens (including phenoxy) is 1. The molecule has 1 aliphatic rings. The molecule has 23 heavy (non-hydrogen) atoms. The fraction of sp³-hybridized carbons (Fsp3) is 0.444. The zero-order valence-corrected chi connectivity index (χ0v) is 13.7. The highest BCUT2D eigenvalue weighted by Crippen LogP contribution is 2.29. The predicted molar refractivity (Wildman–Crippen MR) is 90.3 cm³/mol. The van der Waals surface area contributed by atoms with Gasteiger partial charge in [-0.2, -0.15) is 5.10 Å². The molecule has 1 atom stereocenters. The van der Waals surface area contributed by atoms with Gasteiger partial charge in [-0.3, -0.25) is 4.68 Å². The fourth-order valence-electron chi connectivity index (χ4n) is 3.17. The maximum atomic E-state index is 12.3. The Morgan fingerprint density at radius 3 is 2.83 bits per heavy atom. The Morgan fingerprint density at radius 2 is 2.09 bits per heavy atom. The summed E-state index contributed by atoms with van der Waals surface area (Å²) in [6.45, 7) is 3.13. The van der Waals surface area contributed by atoms with Crippen molar-refractivity contribution in [3.05, 3.63) is 36.4 Å². The van der Waals surface area contributed by atoms with Crippen molar-refractivity contribution in [2.75, 3.05) is 18.1 Å². The monoisotopic (exact) mass is 313 g/mol. The van der Waals surface area contributed by atoms with Crippen LogP contribution in [0.4, 0.5) is 5.82 Å². The summed E-state index contributed by atoms with van der Waals surface area (Å²) in [5, 5.41) is 4.62. The summed E-state index contributed by atoms with van der Waals surface area (Å²) in [4.78, 5) is 14.4. The molecule has 0 saturated carbocycles. The van der Waals surface area contributed by atoms with E-state index in [9.17, 15) is 4.79 Å². The molecule has 0 aliphatic carbocycles. The molecule has 0 bridgehead atoms. The molecule has 0 N–H and O–H groups in total. The summed E-state index contributed by atoms with van der Waals surface area (Å²) in [6, 6.07) is 12.0. The second-order valence-electron chi connectivity index (χ2n) is 5.83. The van der Waals surface area contributed by atoms with Crippen molar-refractivity contribution in [2.45, 2.75) is 32.2 Å². The summed E-state index contributed by atoms with van der Waals surface area (Å²) in [7, 11) is 1.93. The highest BCUT2D eigenvalue weighted by atomic mass is 16.5. The van der Waals surface area contributed by atoms with Gasteiger partial charge in [0.25, 0.3) is 0 Å². The molecule has 3 rings (SSSR count). The number of anilines is 1. The number of carbonyl (C=O) groups excluding carboxylic acids is 1. The number of aromatic nitrogens is 2. The van der Waals surface area contributed by atoms with Gasteiger partial charge in [0.15, 0.2) is 0 Å². The van der Waals surface area contributed by atoms with Crippen molar-refractivity contribution < 1.29 is 9.53 Å². The average Bonchev–Trinajstić information content (AvgIpc) is 2.97. The topological polar surface area (TPSA) is 47.4 Å². The SMILES string of the molecule is CCOC(=O)C1CCCCN1c1cc(-c2ccccc2)nn1C. The van der Waals surface area contributed by atoms with Gasteiger partial charge in [0.2, 0.25) is 0 Å². The fourth-order valence-corrected chi connectivity index (χ4v) is 3.17. The van der Waals surface area contributed by atoms with Crippen LogP contribution in [0.3, 0.4) is 0 Å². The lowest BCUT2D eigenvalue weighted by molar-refractivity contribution is -0.145. The Balaban J connectivity index is 1.90. The van der Waals surface area contributed by atoms with E-state index in [0.29, 0.717) is 6.61 Å². The van der Waals surface area contributed by atoms with Crippen LogP contribution in [0.25, 0.3) is 11.3 Å². The molecule has 2 heterocycles.